The fourth-order valence-corrected chi connectivity index (χ4v) is 2.58. The molecule has 0 amide bonds. The summed E-state index contributed by atoms with van der Waals surface area (Å²) in [5.41, 5.74) is 4.27. The van der Waals surface area contributed by atoms with Crippen LogP contribution in [0.4, 0.5) is 5.69 Å². The van der Waals surface area contributed by atoms with Gasteiger partial charge in [-0.3, -0.25) is 0 Å². The Balaban J connectivity index is 1.89. The quantitative estimate of drug-likeness (QED) is 0.697. The Morgan fingerprint density at radius 3 is 1.57 bits per heavy atom. The molecule has 0 unspecified atom stereocenters. The molecule has 2 aromatic carbocycles. The van der Waals surface area contributed by atoms with Crippen LogP contribution in [0, 0.1) is 0 Å². The van der Waals surface area contributed by atoms with Gasteiger partial charge in [0, 0.05) is 25.3 Å². The first-order valence-corrected chi connectivity index (χ1v) is 7.74. The summed E-state index contributed by atoms with van der Waals surface area (Å²) in [6, 6.07) is 16.3. The Morgan fingerprint density at radius 1 is 0.652 bits per heavy atom. The summed E-state index contributed by atoms with van der Waals surface area (Å²) in [6.07, 6.45) is 0. The van der Waals surface area contributed by atoms with Crippen molar-refractivity contribution < 1.29 is 0 Å². The van der Waals surface area contributed by atoms with Crippen LogP contribution < -0.4 is 4.90 Å². The Morgan fingerprint density at radius 2 is 1.09 bits per heavy atom. The zero-order chi connectivity index (χ0) is 16.4. The first-order chi connectivity index (χ1) is 11.0. The molecule has 4 nitrogen and oxygen atoms in total. The average Bonchev–Trinajstić information content (AvgIpc) is 2.54. The molecule has 23 heavy (non-hydrogen) atoms. The molecule has 3 aromatic rings. The molecule has 0 radical (unpaired) electrons. The largest absolute Gasteiger partial charge is 0.378 e. The third kappa shape index (κ3) is 3.60. The molecule has 1 aromatic heterocycles. The van der Waals surface area contributed by atoms with Gasteiger partial charge < -0.3 is 4.90 Å². The summed E-state index contributed by atoms with van der Waals surface area (Å²) in [5.74, 6) is 0.463. The van der Waals surface area contributed by atoms with E-state index in [1.807, 2.05) is 38.4 Å². The van der Waals surface area contributed by atoms with Crippen molar-refractivity contribution in [3.63, 3.8) is 0 Å². The lowest BCUT2D eigenvalue weighted by atomic mass is 10.0. The summed E-state index contributed by atoms with van der Waals surface area (Å²) < 4.78 is 0. The molecular formula is C17H14Cl2N4. The number of nitrogens with zero attached hydrogens (tertiary/aromatic N) is 4. The van der Waals surface area contributed by atoms with Crippen molar-refractivity contribution in [2.75, 3.05) is 19.0 Å². The number of aromatic nitrogens is 3. The van der Waals surface area contributed by atoms with Gasteiger partial charge in [-0.15, -0.1) is 0 Å². The van der Waals surface area contributed by atoms with Crippen LogP contribution >= 0.6 is 23.2 Å². The van der Waals surface area contributed by atoms with E-state index in [2.05, 4.69) is 44.1 Å². The van der Waals surface area contributed by atoms with Crippen LogP contribution in [0.15, 0.2) is 48.5 Å². The predicted octanol–water partition coefficient (Wildman–Crippen LogP) is 4.58. The molecule has 0 atom stereocenters. The van der Waals surface area contributed by atoms with E-state index in [4.69, 9.17) is 23.2 Å². The fraction of sp³-hybridized carbons (Fsp3) is 0.118. The highest BCUT2D eigenvalue weighted by Gasteiger charge is 2.07. The number of anilines is 1. The van der Waals surface area contributed by atoms with Crippen LogP contribution in [0.3, 0.4) is 0 Å². The standard InChI is InChI=1S/C17H14Cl2N4/c1-23(2)14-9-7-12(8-10-14)11-3-5-13(6-4-11)15-20-16(18)22-17(19)21-15/h3-10H,1-2H3. The van der Waals surface area contributed by atoms with Crippen molar-refractivity contribution >= 4 is 28.9 Å². The van der Waals surface area contributed by atoms with E-state index in [0.717, 1.165) is 16.7 Å². The smallest absolute Gasteiger partial charge is 0.227 e. The molecular weight excluding hydrogens is 331 g/mol. The maximum Gasteiger partial charge on any atom is 0.227 e. The van der Waals surface area contributed by atoms with E-state index in [-0.39, 0.29) is 10.6 Å². The molecule has 3 rings (SSSR count). The van der Waals surface area contributed by atoms with E-state index in [9.17, 15) is 0 Å². The van der Waals surface area contributed by atoms with Gasteiger partial charge in [0.25, 0.3) is 0 Å². The number of benzene rings is 2. The molecule has 0 saturated carbocycles. The monoisotopic (exact) mass is 344 g/mol. The molecule has 116 valence electrons. The molecule has 0 N–H and O–H groups in total. The van der Waals surface area contributed by atoms with E-state index < -0.39 is 0 Å². The van der Waals surface area contributed by atoms with Crippen molar-refractivity contribution in [3.8, 4) is 22.5 Å². The van der Waals surface area contributed by atoms with Crippen molar-refractivity contribution in [2.24, 2.45) is 0 Å². The number of rotatable bonds is 3. The van der Waals surface area contributed by atoms with Gasteiger partial charge in [-0.1, -0.05) is 36.4 Å². The lowest BCUT2D eigenvalue weighted by Gasteiger charge is -2.12. The second-order valence-electron chi connectivity index (χ2n) is 5.22. The first kappa shape index (κ1) is 15.7. The fourth-order valence-electron chi connectivity index (χ4n) is 2.22. The summed E-state index contributed by atoms with van der Waals surface area (Å²) in [7, 11) is 4.05. The Bertz CT molecular complexity index is 795. The van der Waals surface area contributed by atoms with E-state index in [1.165, 1.54) is 5.69 Å². The molecule has 0 aliphatic carbocycles. The van der Waals surface area contributed by atoms with Crippen LogP contribution in [-0.4, -0.2) is 29.0 Å². The summed E-state index contributed by atoms with van der Waals surface area (Å²) in [4.78, 5) is 14.0. The minimum Gasteiger partial charge on any atom is -0.378 e. The predicted molar refractivity (Wildman–Crippen MR) is 95.0 cm³/mol. The van der Waals surface area contributed by atoms with Crippen molar-refractivity contribution in [1.82, 2.24) is 15.0 Å². The highest BCUT2D eigenvalue weighted by Crippen LogP contribution is 2.25. The van der Waals surface area contributed by atoms with Gasteiger partial charge in [0.05, 0.1) is 0 Å². The summed E-state index contributed by atoms with van der Waals surface area (Å²) in [6.45, 7) is 0. The molecule has 0 fully saturated rings. The van der Waals surface area contributed by atoms with Gasteiger partial charge in [-0.25, -0.2) is 0 Å². The van der Waals surface area contributed by atoms with Crippen LogP contribution in [0.2, 0.25) is 10.6 Å². The maximum absolute atomic E-state index is 5.82. The van der Waals surface area contributed by atoms with Gasteiger partial charge in [0.1, 0.15) is 0 Å². The van der Waals surface area contributed by atoms with Gasteiger partial charge in [-0.05, 0) is 46.5 Å². The topological polar surface area (TPSA) is 41.9 Å². The summed E-state index contributed by atoms with van der Waals surface area (Å²) >= 11 is 11.6. The number of hydrogen-bond donors (Lipinski definition) is 0. The highest BCUT2D eigenvalue weighted by atomic mass is 35.5. The second-order valence-corrected chi connectivity index (χ2v) is 5.89. The molecule has 0 bridgehead atoms. The van der Waals surface area contributed by atoms with Gasteiger partial charge in [-0.2, -0.15) is 15.0 Å². The molecule has 0 aliphatic heterocycles. The Labute approximate surface area is 144 Å². The number of hydrogen-bond acceptors (Lipinski definition) is 4. The van der Waals surface area contributed by atoms with E-state index >= 15 is 0 Å². The van der Waals surface area contributed by atoms with Gasteiger partial charge in [0.15, 0.2) is 5.82 Å². The van der Waals surface area contributed by atoms with E-state index in [0.29, 0.717) is 5.82 Å². The Kier molecular flexibility index (Phi) is 4.46. The zero-order valence-corrected chi connectivity index (χ0v) is 14.2. The normalized spacial score (nSPS) is 10.6. The third-order valence-corrected chi connectivity index (χ3v) is 3.78. The Hall–Kier alpha value is -2.17. The summed E-state index contributed by atoms with van der Waals surface area (Å²) in [5, 5.41) is 0.173. The van der Waals surface area contributed by atoms with Crippen LogP contribution in [0.25, 0.3) is 22.5 Å². The van der Waals surface area contributed by atoms with Crippen LogP contribution in [0.1, 0.15) is 0 Å². The van der Waals surface area contributed by atoms with Gasteiger partial charge >= 0.3 is 0 Å². The first-order valence-electron chi connectivity index (χ1n) is 6.98. The van der Waals surface area contributed by atoms with E-state index in [1.54, 1.807) is 0 Å². The minimum atomic E-state index is 0.0864. The minimum absolute atomic E-state index is 0.0864. The molecule has 0 aliphatic rings. The van der Waals surface area contributed by atoms with Crippen molar-refractivity contribution in [2.45, 2.75) is 0 Å². The lowest BCUT2D eigenvalue weighted by Crippen LogP contribution is -2.07. The maximum atomic E-state index is 5.82. The lowest BCUT2D eigenvalue weighted by molar-refractivity contribution is 1.06. The molecule has 1 heterocycles. The van der Waals surface area contributed by atoms with Crippen LogP contribution in [-0.2, 0) is 0 Å². The molecule has 0 saturated heterocycles. The third-order valence-electron chi connectivity index (χ3n) is 3.44. The highest BCUT2D eigenvalue weighted by molar-refractivity contribution is 6.31. The zero-order valence-electron chi connectivity index (χ0n) is 12.7. The molecule has 0 spiro atoms. The van der Waals surface area contributed by atoms with Crippen LogP contribution in [0.5, 0.6) is 0 Å². The van der Waals surface area contributed by atoms with Crippen molar-refractivity contribution in [1.29, 1.82) is 0 Å². The van der Waals surface area contributed by atoms with Crippen molar-refractivity contribution in [3.05, 3.63) is 59.1 Å². The SMILES string of the molecule is CN(C)c1ccc(-c2ccc(-c3nc(Cl)nc(Cl)n3)cc2)cc1. The van der Waals surface area contributed by atoms with Gasteiger partial charge in [0.2, 0.25) is 10.6 Å². The number of halogens is 2. The average molecular weight is 345 g/mol. The molecule has 6 heteroatoms. The second kappa shape index (κ2) is 6.52.